The van der Waals surface area contributed by atoms with Gasteiger partial charge in [-0.2, -0.15) is 0 Å². The number of halogens is 1. The molecule has 0 aliphatic carbocycles. The first-order valence-corrected chi connectivity index (χ1v) is 12.2. The Labute approximate surface area is 205 Å². The van der Waals surface area contributed by atoms with Gasteiger partial charge in [0.25, 0.3) is 0 Å². The van der Waals surface area contributed by atoms with Crippen molar-refractivity contribution >= 4 is 27.7 Å². The van der Waals surface area contributed by atoms with Gasteiger partial charge in [0.05, 0.1) is 6.42 Å². The standard InChI is InChI=1S/C28H31BrN2O2/c1-3-21(2)30-28(33)26(18-22-10-6-4-7-11-22)31(20-24-14-16-25(29)17-15-24)27(32)19-23-12-8-5-9-13-23/h4-17,21,26H,3,18-20H2,1-2H3,(H,30,33)/t21-,26+/m1/s1. The number of rotatable bonds is 10. The lowest BCUT2D eigenvalue weighted by Crippen LogP contribution is -2.52. The zero-order valence-corrected chi connectivity index (χ0v) is 20.8. The summed E-state index contributed by atoms with van der Waals surface area (Å²) in [6, 6.07) is 26.9. The van der Waals surface area contributed by atoms with Crippen LogP contribution in [0.3, 0.4) is 0 Å². The molecule has 0 heterocycles. The summed E-state index contributed by atoms with van der Waals surface area (Å²) in [5.74, 6) is -0.184. The molecule has 5 heteroatoms. The van der Waals surface area contributed by atoms with Crippen LogP contribution in [0.5, 0.6) is 0 Å². The first-order chi connectivity index (χ1) is 16.0. The zero-order valence-electron chi connectivity index (χ0n) is 19.2. The van der Waals surface area contributed by atoms with Crippen molar-refractivity contribution in [2.24, 2.45) is 0 Å². The van der Waals surface area contributed by atoms with Gasteiger partial charge in [-0.05, 0) is 42.2 Å². The minimum atomic E-state index is -0.610. The summed E-state index contributed by atoms with van der Waals surface area (Å²) < 4.78 is 0.976. The maximum atomic E-state index is 13.6. The third kappa shape index (κ3) is 7.57. The SMILES string of the molecule is CC[C@@H](C)NC(=O)[C@H](Cc1ccccc1)N(Cc1ccc(Br)cc1)C(=O)Cc1ccccc1. The molecule has 2 amide bonds. The van der Waals surface area contributed by atoms with E-state index >= 15 is 0 Å². The molecule has 0 bridgehead atoms. The maximum absolute atomic E-state index is 13.6. The third-order valence-corrected chi connectivity index (χ3v) is 6.27. The highest BCUT2D eigenvalue weighted by molar-refractivity contribution is 9.10. The van der Waals surface area contributed by atoms with E-state index in [9.17, 15) is 9.59 Å². The summed E-state index contributed by atoms with van der Waals surface area (Å²) in [7, 11) is 0. The number of nitrogens with zero attached hydrogens (tertiary/aromatic N) is 1. The Hall–Kier alpha value is -2.92. The van der Waals surface area contributed by atoms with Gasteiger partial charge >= 0.3 is 0 Å². The first-order valence-electron chi connectivity index (χ1n) is 11.4. The Morgan fingerprint density at radius 2 is 1.42 bits per heavy atom. The molecule has 0 aliphatic rings. The number of carbonyl (C=O) groups excluding carboxylic acids is 2. The van der Waals surface area contributed by atoms with Crippen LogP contribution in [0.15, 0.2) is 89.4 Å². The van der Waals surface area contributed by atoms with Crippen molar-refractivity contribution in [3.05, 3.63) is 106 Å². The maximum Gasteiger partial charge on any atom is 0.243 e. The lowest BCUT2D eigenvalue weighted by molar-refractivity contribution is -0.141. The predicted molar refractivity (Wildman–Crippen MR) is 137 cm³/mol. The molecule has 33 heavy (non-hydrogen) atoms. The summed E-state index contributed by atoms with van der Waals surface area (Å²) in [6.07, 6.45) is 1.54. The lowest BCUT2D eigenvalue weighted by Gasteiger charge is -2.32. The third-order valence-electron chi connectivity index (χ3n) is 5.74. The fourth-order valence-corrected chi connectivity index (χ4v) is 3.92. The second-order valence-corrected chi connectivity index (χ2v) is 9.25. The Kier molecular flexibility index (Phi) is 9.25. The van der Waals surface area contributed by atoms with E-state index in [0.717, 1.165) is 27.6 Å². The number of hydrogen-bond donors (Lipinski definition) is 1. The van der Waals surface area contributed by atoms with Crippen LogP contribution < -0.4 is 5.32 Å². The van der Waals surface area contributed by atoms with E-state index in [0.29, 0.717) is 13.0 Å². The normalized spacial score (nSPS) is 12.6. The highest BCUT2D eigenvalue weighted by Gasteiger charge is 2.30. The van der Waals surface area contributed by atoms with Gasteiger partial charge in [-0.25, -0.2) is 0 Å². The zero-order chi connectivity index (χ0) is 23.6. The van der Waals surface area contributed by atoms with Gasteiger partial charge in [0, 0.05) is 23.5 Å². The minimum absolute atomic E-state index is 0.0366. The molecule has 0 spiro atoms. The van der Waals surface area contributed by atoms with E-state index in [1.807, 2.05) is 98.8 Å². The average molecular weight is 507 g/mol. The topological polar surface area (TPSA) is 49.4 Å². The average Bonchev–Trinajstić information content (AvgIpc) is 2.83. The van der Waals surface area contributed by atoms with Gasteiger partial charge < -0.3 is 10.2 Å². The summed E-state index contributed by atoms with van der Waals surface area (Å²) >= 11 is 3.47. The lowest BCUT2D eigenvalue weighted by atomic mass is 10.0. The van der Waals surface area contributed by atoms with Gasteiger partial charge in [0.1, 0.15) is 6.04 Å². The highest BCUT2D eigenvalue weighted by Crippen LogP contribution is 2.18. The molecule has 3 aromatic carbocycles. The molecular formula is C28H31BrN2O2. The molecule has 0 aliphatic heterocycles. The Morgan fingerprint density at radius 1 is 0.848 bits per heavy atom. The molecule has 0 aromatic heterocycles. The molecule has 0 saturated heterocycles. The monoisotopic (exact) mass is 506 g/mol. The van der Waals surface area contributed by atoms with E-state index < -0.39 is 6.04 Å². The van der Waals surface area contributed by atoms with Crippen molar-refractivity contribution in [3.8, 4) is 0 Å². The van der Waals surface area contributed by atoms with E-state index in [2.05, 4.69) is 21.2 Å². The highest BCUT2D eigenvalue weighted by atomic mass is 79.9. The Morgan fingerprint density at radius 3 is 2.00 bits per heavy atom. The van der Waals surface area contributed by atoms with Gasteiger partial charge in [0.2, 0.25) is 11.8 Å². The van der Waals surface area contributed by atoms with E-state index in [1.165, 1.54) is 0 Å². The van der Waals surface area contributed by atoms with Gasteiger partial charge in [0.15, 0.2) is 0 Å². The molecule has 0 radical (unpaired) electrons. The second kappa shape index (κ2) is 12.4. The summed E-state index contributed by atoms with van der Waals surface area (Å²) in [5.41, 5.74) is 2.94. The van der Waals surface area contributed by atoms with Gasteiger partial charge in [-0.3, -0.25) is 9.59 Å². The molecule has 3 aromatic rings. The van der Waals surface area contributed by atoms with Crippen LogP contribution in [0.25, 0.3) is 0 Å². The second-order valence-electron chi connectivity index (χ2n) is 8.33. The molecule has 0 saturated carbocycles. The molecule has 4 nitrogen and oxygen atoms in total. The smallest absolute Gasteiger partial charge is 0.243 e. The number of hydrogen-bond acceptors (Lipinski definition) is 2. The molecule has 1 N–H and O–H groups in total. The van der Waals surface area contributed by atoms with E-state index in [4.69, 9.17) is 0 Å². The fourth-order valence-electron chi connectivity index (χ4n) is 3.65. The minimum Gasteiger partial charge on any atom is -0.352 e. The largest absolute Gasteiger partial charge is 0.352 e. The van der Waals surface area contributed by atoms with Crippen molar-refractivity contribution < 1.29 is 9.59 Å². The van der Waals surface area contributed by atoms with Crippen molar-refractivity contribution in [3.63, 3.8) is 0 Å². The summed E-state index contributed by atoms with van der Waals surface area (Å²) in [5, 5.41) is 3.10. The molecule has 172 valence electrons. The van der Waals surface area contributed by atoms with Crippen molar-refractivity contribution in [1.82, 2.24) is 10.2 Å². The Balaban J connectivity index is 1.95. The van der Waals surface area contributed by atoms with Crippen LogP contribution in [0.1, 0.15) is 37.0 Å². The molecule has 3 rings (SSSR count). The number of carbonyl (C=O) groups is 2. The van der Waals surface area contributed by atoms with E-state index in [-0.39, 0.29) is 24.3 Å². The Bertz CT molecular complexity index is 1020. The summed E-state index contributed by atoms with van der Waals surface area (Å²) in [4.78, 5) is 28.8. The molecule has 0 unspecified atom stereocenters. The van der Waals surface area contributed by atoms with Gasteiger partial charge in [-0.1, -0.05) is 95.7 Å². The number of amides is 2. The van der Waals surface area contributed by atoms with Crippen LogP contribution in [-0.2, 0) is 29.0 Å². The van der Waals surface area contributed by atoms with Crippen LogP contribution in [0, 0.1) is 0 Å². The van der Waals surface area contributed by atoms with Crippen LogP contribution in [0.4, 0.5) is 0 Å². The first kappa shape index (κ1) is 24.7. The van der Waals surface area contributed by atoms with Gasteiger partial charge in [-0.15, -0.1) is 0 Å². The number of nitrogens with one attached hydrogen (secondary N) is 1. The molecule has 0 fully saturated rings. The van der Waals surface area contributed by atoms with Crippen LogP contribution in [-0.4, -0.2) is 28.8 Å². The van der Waals surface area contributed by atoms with Crippen LogP contribution in [0.2, 0.25) is 0 Å². The number of benzene rings is 3. The van der Waals surface area contributed by atoms with Crippen molar-refractivity contribution in [2.75, 3.05) is 0 Å². The fraction of sp³-hybridized carbons (Fsp3) is 0.286. The van der Waals surface area contributed by atoms with Crippen molar-refractivity contribution in [2.45, 2.75) is 51.7 Å². The molecule has 2 atom stereocenters. The van der Waals surface area contributed by atoms with Crippen molar-refractivity contribution in [1.29, 1.82) is 0 Å². The summed E-state index contributed by atoms with van der Waals surface area (Å²) in [6.45, 7) is 4.39. The quantitative estimate of drug-likeness (QED) is 0.392. The van der Waals surface area contributed by atoms with E-state index in [1.54, 1.807) is 4.90 Å². The van der Waals surface area contributed by atoms with Crippen LogP contribution >= 0.6 is 15.9 Å². The molecular weight excluding hydrogens is 476 g/mol. The predicted octanol–water partition coefficient (Wildman–Crippen LogP) is 5.55.